The third-order valence-corrected chi connectivity index (χ3v) is 9.37. The molecule has 2 amide bonds. The van der Waals surface area contributed by atoms with Gasteiger partial charge in [0.05, 0.1) is 29.1 Å². The molecule has 0 bridgehead atoms. The van der Waals surface area contributed by atoms with Gasteiger partial charge < -0.3 is 9.84 Å². The van der Waals surface area contributed by atoms with E-state index in [0.717, 1.165) is 11.1 Å². The van der Waals surface area contributed by atoms with E-state index in [1.807, 2.05) is 6.08 Å². The van der Waals surface area contributed by atoms with Gasteiger partial charge in [-0.3, -0.25) is 24.1 Å². The van der Waals surface area contributed by atoms with Gasteiger partial charge in [-0.2, -0.15) is 0 Å². The Morgan fingerprint density at radius 3 is 2.45 bits per heavy atom. The molecule has 0 spiro atoms. The number of imide groups is 1. The lowest BCUT2D eigenvalue weighted by Crippen LogP contribution is -2.39. The standard InChI is InChI=1S/C31H23Br2NO6/c1-3-14-4-6-16(7-5-14)34-30(38)18-9-8-17-19(26(18)31(34)39)12-21-27(23(35)13-22(33)28(21)36)25(17)20-10-15(32)11-24(40-2)29(20)37/h3-8,10-11,13,18-19,25-26,37H,1,9,12H2,2H3. The quantitative estimate of drug-likeness (QED) is 0.253. The number of aromatic hydroxyl groups is 1. The molecule has 1 saturated heterocycles. The van der Waals surface area contributed by atoms with Crippen LogP contribution in [0.5, 0.6) is 11.5 Å². The Kier molecular flexibility index (Phi) is 6.54. The molecule has 2 aromatic carbocycles. The summed E-state index contributed by atoms with van der Waals surface area (Å²) in [6, 6.07) is 10.3. The second-order valence-corrected chi connectivity index (χ2v) is 12.0. The third-order valence-electron chi connectivity index (χ3n) is 8.32. The second-order valence-electron chi connectivity index (χ2n) is 10.2. The van der Waals surface area contributed by atoms with Gasteiger partial charge in [-0.1, -0.05) is 52.4 Å². The maximum atomic E-state index is 14.0. The first-order chi connectivity index (χ1) is 19.2. The fourth-order valence-corrected chi connectivity index (χ4v) is 7.45. The second kappa shape index (κ2) is 9.82. The monoisotopic (exact) mass is 663 g/mol. The molecule has 6 rings (SSSR count). The van der Waals surface area contributed by atoms with Crippen molar-refractivity contribution in [3.8, 4) is 11.5 Å². The normalized spacial score (nSPS) is 25.7. The summed E-state index contributed by atoms with van der Waals surface area (Å²) in [4.78, 5) is 55.7. The number of rotatable bonds is 4. The van der Waals surface area contributed by atoms with Gasteiger partial charge in [0.2, 0.25) is 11.8 Å². The van der Waals surface area contributed by atoms with Crippen molar-refractivity contribution in [3.05, 3.63) is 91.9 Å². The molecule has 2 aromatic rings. The Balaban J connectivity index is 1.51. The number of ketones is 2. The number of phenols is 1. The van der Waals surface area contributed by atoms with Crippen molar-refractivity contribution in [2.75, 3.05) is 12.0 Å². The van der Waals surface area contributed by atoms with Crippen LogP contribution in [-0.2, 0) is 19.2 Å². The van der Waals surface area contributed by atoms with Crippen molar-refractivity contribution in [2.24, 2.45) is 17.8 Å². The number of allylic oxidation sites excluding steroid dienone is 6. The first kappa shape index (κ1) is 26.7. The van der Waals surface area contributed by atoms with Crippen molar-refractivity contribution in [1.82, 2.24) is 0 Å². The van der Waals surface area contributed by atoms with Crippen LogP contribution in [0.1, 0.15) is 29.9 Å². The summed E-state index contributed by atoms with van der Waals surface area (Å²) in [5, 5.41) is 11.2. The lowest BCUT2D eigenvalue weighted by molar-refractivity contribution is -0.123. The number of hydrogen-bond acceptors (Lipinski definition) is 6. The summed E-state index contributed by atoms with van der Waals surface area (Å²) >= 11 is 6.69. The van der Waals surface area contributed by atoms with E-state index in [-0.39, 0.29) is 51.4 Å². The summed E-state index contributed by atoms with van der Waals surface area (Å²) in [6.45, 7) is 3.75. The highest BCUT2D eigenvalue weighted by molar-refractivity contribution is 9.12. The van der Waals surface area contributed by atoms with E-state index in [2.05, 4.69) is 38.4 Å². The van der Waals surface area contributed by atoms with Gasteiger partial charge in [-0.05, 0) is 64.5 Å². The number of halogens is 2. The van der Waals surface area contributed by atoms with Gasteiger partial charge in [0.15, 0.2) is 23.1 Å². The summed E-state index contributed by atoms with van der Waals surface area (Å²) < 4.78 is 6.13. The van der Waals surface area contributed by atoms with Crippen molar-refractivity contribution < 1.29 is 29.0 Å². The van der Waals surface area contributed by atoms with Gasteiger partial charge in [-0.15, -0.1) is 0 Å². The van der Waals surface area contributed by atoms with Crippen LogP contribution in [0.4, 0.5) is 5.69 Å². The number of benzene rings is 2. The van der Waals surface area contributed by atoms with Gasteiger partial charge >= 0.3 is 0 Å². The largest absolute Gasteiger partial charge is 0.504 e. The zero-order valence-corrected chi connectivity index (χ0v) is 24.5. The number of hydrogen-bond donors (Lipinski definition) is 1. The number of Topliss-reactive ketones (excluding diaryl/α,β-unsaturated/α-hetero) is 1. The molecule has 7 nitrogen and oxygen atoms in total. The molecule has 4 atom stereocenters. The molecule has 3 aliphatic carbocycles. The number of anilines is 1. The van der Waals surface area contributed by atoms with E-state index in [0.29, 0.717) is 27.7 Å². The van der Waals surface area contributed by atoms with Crippen LogP contribution in [0, 0.1) is 17.8 Å². The van der Waals surface area contributed by atoms with Crippen LogP contribution in [0.3, 0.4) is 0 Å². The van der Waals surface area contributed by atoms with Crippen LogP contribution < -0.4 is 9.64 Å². The average Bonchev–Trinajstić information content (AvgIpc) is 3.21. The Morgan fingerprint density at radius 1 is 1.05 bits per heavy atom. The highest BCUT2D eigenvalue weighted by Crippen LogP contribution is 2.57. The third kappa shape index (κ3) is 3.89. The molecular weight excluding hydrogens is 642 g/mol. The summed E-state index contributed by atoms with van der Waals surface area (Å²) in [7, 11) is 1.43. The van der Waals surface area contributed by atoms with E-state index in [1.54, 1.807) is 42.5 Å². The number of phenolic OH excluding ortho intramolecular Hbond substituents is 1. The van der Waals surface area contributed by atoms with E-state index < -0.39 is 23.7 Å². The number of carbonyl (C=O) groups excluding carboxylic acids is 4. The summed E-state index contributed by atoms with van der Waals surface area (Å²) in [5.41, 5.74) is 3.04. The Hall–Kier alpha value is -3.56. The first-order valence-electron chi connectivity index (χ1n) is 12.7. The molecule has 1 fully saturated rings. The van der Waals surface area contributed by atoms with E-state index in [9.17, 15) is 24.3 Å². The van der Waals surface area contributed by atoms with Crippen LogP contribution in [-0.4, -0.2) is 35.6 Å². The summed E-state index contributed by atoms with van der Waals surface area (Å²) in [6.07, 6.45) is 5.29. The highest BCUT2D eigenvalue weighted by atomic mass is 79.9. The molecule has 1 aliphatic heterocycles. The van der Waals surface area contributed by atoms with Crippen LogP contribution in [0.25, 0.3) is 6.08 Å². The lowest BCUT2D eigenvalue weighted by atomic mass is 9.59. The van der Waals surface area contributed by atoms with Gasteiger partial charge in [0.25, 0.3) is 0 Å². The van der Waals surface area contributed by atoms with E-state index >= 15 is 0 Å². The SMILES string of the molecule is C=Cc1ccc(N2C(=O)C3CC=C4C(c5cc(Br)cc(OC)c5O)C5=C(CC4C3C2=O)C(=O)C(Br)=CC5=O)cc1. The number of ether oxygens (including phenoxy) is 1. The zero-order chi connectivity index (χ0) is 28.5. The molecule has 40 heavy (non-hydrogen) atoms. The lowest BCUT2D eigenvalue weighted by Gasteiger charge is -2.42. The molecule has 1 N–H and O–H groups in total. The first-order valence-corrected chi connectivity index (χ1v) is 14.3. The number of nitrogens with zero attached hydrogens (tertiary/aromatic N) is 1. The Bertz CT molecular complexity index is 1630. The smallest absolute Gasteiger partial charge is 0.238 e. The maximum absolute atomic E-state index is 14.0. The predicted molar refractivity (Wildman–Crippen MR) is 156 cm³/mol. The average molecular weight is 665 g/mol. The van der Waals surface area contributed by atoms with Crippen LogP contribution in [0.15, 0.2) is 80.8 Å². The van der Waals surface area contributed by atoms with Crippen molar-refractivity contribution >= 4 is 67.0 Å². The van der Waals surface area contributed by atoms with Crippen molar-refractivity contribution in [3.63, 3.8) is 0 Å². The molecule has 4 aliphatic rings. The molecular formula is C31H23Br2NO6. The fraction of sp³-hybridized carbons (Fsp3) is 0.226. The van der Waals surface area contributed by atoms with Gasteiger partial charge in [0.1, 0.15) is 0 Å². The molecule has 9 heteroatoms. The van der Waals surface area contributed by atoms with Crippen molar-refractivity contribution in [1.29, 1.82) is 0 Å². The van der Waals surface area contributed by atoms with Crippen LogP contribution >= 0.6 is 31.9 Å². The molecule has 1 heterocycles. The molecule has 4 unspecified atom stereocenters. The molecule has 0 saturated carbocycles. The van der Waals surface area contributed by atoms with Crippen LogP contribution in [0.2, 0.25) is 0 Å². The van der Waals surface area contributed by atoms with Crippen molar-refractivity contribution in [2.45, 2.75) is 18.8 Å². The number of methoxy groups -OCH3 is 1. The topological polar surface area (TPSA) is 101 Å². The minimum absolute atomic E-state index is 0.139. The molecule has 0 radical (unpaired) electrons. The minimum atomic E-state index is -0.793. The number of amides is 2. The molecule has 202 valence electrons. The van der Waals surface area contributed by atoms with Gasteiger partial charge in [0, 0.05) is 33.2 Å². The van der Waals surface area contributed by atoms with Gasteiger partial charge in [-0.25, -0.2) is 0 Å². The zero-order valence-electron chi connectivity index (χ0n) is 21.3. The molecule has 0 aromatic heterocycles. The number of fused-ring (bicyclic) bond motifs is 3. The van der Waals surface area contributed by atoms with E-state index in [4.69, 9.17) is 4.74 Å². The fourth-order valence-electron chi connectivity index (χ4n) is 6.55. The van der Waals surface area contributed by atoms with E-state index in [1.165, 1.54) is 18.1 Å². The maximum Gasteiger partial charge on any atom is 0.238 e. The minimum Gasteiger partial charge on any atom is -0.504 e. The Labute approximate surface area is 247 Å². The summed E-state index contributed by atoms with van der Waals surface area (Å²) in [5.74, 6) is -3.87. The number of carbonyl (C=O) groups is 4. The highest BCUT2D eigenvalue weighted by Gasteiger charge is 2.57. The Morgan fingerprint density at radius 2 is 1.77 bits per heavy atom. The predicted octanol–water partition coefficient (Wildman–Crippen LogP) is 5.77.